The molecule has 13 heavy (non-hydrogen) atoms. The first-order valence-electron chi connectivity index (χ1n) is 5.29. The predicted octanol–water partition coefficient (Wildman–Crippen LogP) is 2.04. The third-order valence-electron chi connectivity index (χ3n) is 2.28. The van der Waals surface area contributed by atoms with E-state index in [1.165, 1.54) is 18.5 Å². The monoisotopic (exact) mass is 206 g/mol. The second kappa shape index (κ2) is 6.75. The van der Waals surface area contributed by atoms with E-state index in [9.17, 15) is 0 Å². The van der Waals surface area contributed by atoms with Crippen molar-refractivity contribution in [2.75, 3.05) is 38.4 Å². The summed E-state index contributed by atoms with van der Waals surface area (Å²) in [5.41, 5.74) is 5.80. The van der Waals surface area contributed by atoms with Crippen LogP contribution in [0.3, 0.4) is 0 Å². The Hall–Kier alpha value is 0.350. The van der Waals surface area contributed by atoms with E-state index in [2.05, 4.69) is 13.6 Å². The SMILES string of the molecule is CC.CC(N)C[P+]1(C)CCOCC1. The average Bonchev–Trinajstić information content (AvgIpc) is 2.07. The summed E-state index contributed by atoms with van der Waals surface area (Å²) in [7, 11) is -0.670. The van der Waals surface area contributed by atoms with Crippen LogP contribution in [0.5, 0.6) is 0 Å². The zero-order valence-electron chi connectivity index (χ0n) is 9.55. The summed E-state index contributed by atoms with van der Waals surface area (Å²) in [5.74, 6) is 0. The molecule has 0 aromatic carbocycles. The van der Waals surface area contributed by atoms with Crippen LogP contribution in [0.2, 0.25) is 0 Å². The van der Waals surface area contributed by atoms with Crippen molar-refractivity contribution in [3.05, 3.63) is 0 Å². The van der Waals surface area contributed by atoms with E-state index in [0.717, 1.165) is 13.2 Å². The van der Waals surface area contributed by atoms with Gasteiger partial charge in [-0.2, -0.15) is 0 Å². The molecule has 1 fully saturated rings. The Morgan fingerprint density at radius 1 is 1.31 bits per heavy atom. The fraction of sp³-hybridized carbons (Fsp3) is 1.00. The molecule has 1 aliphatic heterocycles. The molecule has 0 saturated carbocycles. The smallest absolute Gasteiger partial charge is 0.0826 e. The predicted molar refractivity (Wildman–Crippen MR) is 63.3 cm³/mol. The minimum absolute atomic E-state index is 0.381. The Morgan fingerprint density at radius 2 is 1.77 bits per heavy atom. The van der Waals surface area contributed by atoms with Gasteiger partial charge in [0.2, 0.25) is 0 Å². The van der Waals surface area contributed by atoms with Crippen molar-refractivity contribution >= 4 is 7.26 Å². The van der Waals surface area contributed by atoms with Crippen molar-refractivity contribution in [1.29, 1.82) is 0 Å². The minimum Gasteiger partial charge on any atom is -0.374 e. The zero-order valence-corrected chi connectivity index (χ0v) is 10.4. The molecule has 2 nitrogen and oxygen atoms in total. The maximum absolute atomic E-state index is 5.80. The minimum atomic E-state index is -0.670. The van der Waals surface area contributed by atoms with E-state index in [1.54, 1.807) is 0 Å². The van der Waals surface area contributed by atoms with Crippen molar-refractivity contribution in [2.45, 2.75) is 26.8 Å². The van der Waals surface area contributed by atoms with Gasteiger partial charge in [-0.3, -0.25) is 0 Å². The van der Waals surface area contributed by atoms with Crippen LogP contribution in [0.4, 0.5) is 0 Å². The number of hydrogen-bond donors (Lipinski definition) is 1. The highest BCUT2D eigenvalue weighted by Crippen LogP contribution is 2.56. The molecule has 0 aliphatic carbocycles. The fourth-order valence-electron chi connectivity index (χ4n) is 1.66. The summed E-state index contributed by atoms with van der Waals surface area (Å²) in [6.45, 7) is 10.5. The number of rotatable bonds is 2. The molecular formula is C10H25NOP+. The van der Waals surface area contributed by atoms with E-state index >= 15 is 0 Å². The molecular weight excluding hydrogens is 181 g/mol. The molecule has 1 rings (SSSR count). The standard InChI is InChI=1S/C8H19NOP.C2H6/c1-8(9)7-11(2)5-3-10-4-6-11;1-2/h8H,3-7,9H2,1-2H3;1-2H3/q+1;. The van der Waals surface area contributed by atoms with Gasteiger partial charge in [0, 0.05) is 20.0 Å². The molecule has 0 aromatic heterocycles. The van der Waals surface area contributed by atoms with E-state index in [1.807, 2.05) is 13.8 Å². The highest BCUT2D eigenvalue weighted by atomic mass is 31.2. The summed E-state index contributed by atoms with van der Waals surface area (Å²) in [6, 6.07) is 0.381. The first kappa shape index (κ1) is 13.4. The maximum Gasteiger partial charge on any atom is 0.0826 e. The Labute approximate surface area is 83.6 Å². The van der Waals surface area contributed by atoms with E-state index in [0.29, 0.717) is 6.04 Å². The summed E-state index contributed by atoms with van der Waals surface area (Å²) in [6.07, 6.45) is 3.82. The topological polar surface area (TPSA) is 35.2 Å². The maximum atomic E-state index is 5.80. The average molecular weight is 206 g/mol. The molecule has 1 heterocycles. The Morgan fingerprint density at radius 3 is 2.15 bits per heavy atom. The van der Waals surface area contributed by atoms with Gasteiger partial charge in [0.15, 0.2) is 0 Å². The van der Waals surface area contributed by atoms with Crippen molar-refractivity contribution in [3.63, 3.8) is 0 Å². The number of ether oxygens (including phenoxy) is 1. The van der Waals surface area contributed by atoms with Crippen LogP contribution < -0.4 is 5.73 Å². The lowest BCUT2D eigenvalue weighted by molar-refractivity contribution is 0.157. The van der Waals surface area contributed by atoms with E-state index < -0.39 is 7.26 Å². The number of hydrogen-bond acceptors (Lipinski definition) is 2. The molecule has 3 heteroatoms. The second-order valence-electron chi connectivity index (χ2n) is 3.84. The first-order chi connectivity index (χ1) is 6.12. The lowest BCUT2D eigenvalue weighted by Gasteiger charge is -2.28. The van der Waals surface area contributed by atoms with Gasteiger partial charge < -0.3 is 10.5 Å². The van der Waals surface area contributed by atoms with Crippen LogP contribution >= 0.6 is 7.26 Å². The lowest BCUT2D eigenvalue weighted by atomic mass is 10.4. The molecule has 0 spiro atoms. The molecule has 80 valence electrons. The van der Waals surface area contributed by atoms with Crippen molar-refractivity contribution in [1.82, 2.24) is 0 Å². The molecule has 1 atom stereocenters. The second-order valence-corrected chi connectivity index (χ2v) is 8.34. The molecule has 1 unspecified atom stereocenters. The summed E-state index contributed by atoms with van der Waals surface area (Å²) in [4.78, 5) is 0. The third-order valence-corrected chi connectivity index (χ3v) is 6.26. The molecule has 1 saturated heterocycles. The molecule has 0 radical (unpaired) electrons. The third kappa shape index (κ3) is 5.61. The van der Waals surface area contributed by atoms with Crippen LogP contribution in [0.25, 0.3) is 0 Å². The Balaban J connectivity index is 0.000000671. The first-order valence-corrected chi connectivity index (χ1v) is 8.08. The van der Waals surface area contributed by atoms with Gasteiger partial charge in [-0.1, -0.05) is 13.8 Å². The van der Waals surface area contributed by atoms with Gasteiger partial charge in [0.05, 0.1) is 31.7 Å². The van der Waals surface area contributed by atoms with Gasteiger partial charge in [0.25, 0.3) is 0 Å². The Kier molecular flexibility index (Phi) is 6.93. The fourth-order valence-corrected chi connectivity index (χ4v) is 4.78. The molecule has 0 bridgehead atoms. The summed E-state index contributed by atoms with van der Waals surface area (Å²) >= 11 is 0. The summed E-state index contributed by atoms with van der Waals surface area (Å²) < 4.78 is 5.33. The molecule has 0 aromatic rings. The molecule has 2 N–H and O–H groups in total. The Bertz CT molecular complexity index is 122. The largest absolute Gasteiger partial charge is 0.374 e. The van der Waals surface area contributed by atoms with Crippen LogP contribution in [0.1, 0.15) is 20.8 Å². The summed E-state index contributed by atoms with van der Waals surface area (Å²) in [5, 5.41) is 0. The lowest BCUT2D eigenvalue weighted by Crippen LogP contribution is -2.29. The van der Waals surface area contributed by atoms with E-state index in [4.69, 9.17) is 10.5 Å². The number of nitrogens with two attached hydrogens (primary N) is 1. The van der Waals surface area contributed by atoms with E-state index in [-0.39, 0.29) is 0 Å². The van der Waals surface area contributed by atoms with Gasteiger partial charge in [-0.05, 0) is 6.92 Å². The highest BCUT2D eigenvalue weighted by Gasteiger charge is 2.34. The van der Waals surface area contributed by atoms with Gasteiger partial charge in [-0.15, -0.1) is 0 Å². The molecule has 1 aliphatic rings. The highest BCUT2D eigenvalue weighted by molar-refractivity contribution is 7.75. The van der Waals surface area contributed by atoms with Crippen molar-refractivity contribution in [3.8, 4) is 0 Å². The van der Waals surface area contributed by atoms with Crippen molar-refractivity contribution in [2.24, 2.45) is 5.73 Å². The zero-order chi connectivity index (χ0) is 10.3. The van der Waals surface area contributed by atoms with Crippen LogP contribution in [-0.2, 0) is 4.74 Å². The van der Waals surface area contributed by atoms with Gasteiger partial charge in [-0.25, -0.2) is 0 Å². The molecule has 0 amide bonds. The quantitative estimate of drug-likeness (QED) is 0.702. The normalized spacial score (nSPS) is 22.8. The van der Waals surface area contributed by atoms with Crippen molar-refractivity contribution < 1.29 is 4.74 Å². The van der Waals surface area contributed by atoms with Crippen LogP contribution in [-0.4, -0.2) is 44.4 Å². The van der Waals surface area contributed by atoms with Crippen LogP contribution in [0.15, 0.2) is 0 Å². The van der Waals surface area contributed by atoms with Gasteiger partial charge in [0.1, 0.15) is 0 Å². The van der Waals surface area contributed by atoms with Crippen LogP contribution in [0, 0.1) is 0 Å². The van der Waals surface area contributed by atoms with Gasteiger partial charge >= 0.3 is 0 Å².